The van der Waals surface area contributed by atoms with Crippen molar-refractivity contribution >= 4 is 11.5 Å². The van der Waals surface area contributed by atoms with Gasteiger partial charge in [0, 0.05) is 12.0 Å². The van der Waals surface area contributed by atoms with Crippen LogP contribution in [0.4, 0.5) is 4.39 Å². The Morgan fingerprint density at radius 3 is 2.57 bits per heavy atom. The Kier molecular flexibility index (Phi) is 3.94. The number of hydrogen-bond acceptors (Lipinski definition) is 3. The topological polar surface area (TPSA) is 50.1 Å². The fourth-order valence-electron chi connectivity index (χ4n) is 2.81. The molecule has 2 aromatic rings. The second-order valence-electron chi connectivity index (χ2n) is 5.33. The lowest BCUT2D eigenvalue weighted by Crippen LogP contribution is -2.08. The van der Waals surface area contributed by atoms with Crippen LogP contribution < -0.4 is 0 Å². The molecule has 0 radical (unpaired) electrons. The van der Waals surface area contributed by atoms with Crippen LogP contribution in [0.3, 0.4) is 0 Å². The Morgan fingerprint density at radius 1 is 1.17 bits per heavy atom. The number of carbonyl (C=O) groups excluding carboxylic acids is 1. The van der Waals surface area contributed by atoms with Crippen LogP contribution in [-0.4, -0.2) is 13.1 Å². The summed E-state index contributed by atoms with van der Waals surface area (Å²) in [5.74, 6) is -0.651. The van der Waals surface area contributed by atoms with Crippen molar-refractivity contribution in [2.75, 3.05) is 7.11 Å². The van der Waals surface area contributed by atoms with Gasteiger partial charge < -0.3 is 4.74 Å². The summed E-state index contributed by atoms with van der Waals surface area (Å²) in [7, 11) is 1.32. The third kappa shape index (κ3) is 2.74. The maximum absolute atomic E-state index is 14.5. The van der Waals surface area contributed by atoms with Crippen LogP contribution in [0.15, 0.2) is 48.3 Å². The third-order valence-electron chi connectivity index (χ3n) is 3.99. The maximum Gasteiger partial charge on any atom is 0.337 e. The predicted molar refractivity (Wildman–Crippen MR) is 84.4 cm³/mol. The van der Waals surface area contributed by atoms with Gasteiger partial charge in [-0.05, 0) is 47.4 Å². The van der Waals surface area contributed by atoms with Crippen molar-refractivity contribution in [2.24, 2.45) is 0 Å². The minimum Gasteiger partial charge on any atom is -0.465 e. The second-order valence-corrected chi connectivity index (χ2v) is 5.33. The Hall–Kier alpha value is -2.93. The van der Waals surface area contributed by atoms with Crippen molar-refractivity contribution in [2.45, 2.75) is 12.8 Å². The first-order valence-corrected chi connectivity index (χ1v) is 7.25. The minimum absolute atomic E-state index is 0.204. The number of aryl methyl sites for hydroxylation is 1. The van der Waals surface area contributed by atoms with Gasteiger partial charge in [-0.1, -0.05) is 18.2 Å². The molecule has 0 unspecified atom stereocenters. The fraction of sp³-hybridized carbons (Fsp3) is 0.158. The summed E-state index contributed by atoms with van der Waals surface area (Å²) in [5.41, 5.74) is 3.81. The first-order valence-electron chi connectivity index (χ1n) is 7.25. The molecule has 0 aromatic heterocycles. The average Bonchev–Trinajstić information content (AvgIpc) is 2.60. The van der Waals surface area contributed by atoms with E-state index in [0.717, 1.165) is 5.56 Å². The van der Waals surface area contributed by atoms with Crippen LogP contribution in [0.1, 0.15) is 39.0 Å². The number of carbonyl (C=O) groups is 1. The summed E-state index contributed by atoms with van der Waals surface area (Å²) in [6.45, 7) is 0. The molecule has 4 heteroatoms. The Balaban J connectivity index is 2.13. The molecular formula is C19H14FNO2. The number of hydrogen-bond donors (Lipinski definition) is 0. The van der Waals surface area contributed by atoms with Crippen molar-refractivity contribution < 1.29 is 13.9 Å². The van der Waals surface area contributed by atoms with Gasteiger partial charge in [0.15, 0.2) is 0 Å². The second kappa shape index (κ2) is 6.05. The van der Waals surface area contributed by atoms with Crippen LogP contribution >= 0.6 is 0 Å². The van der Waals surface area contributed by atoms with E-state index in [9.17, 15) is 9.18 Å². The Labute approximate surface area is 133 Å². The number of allylic oxidation sites excluding steroid dienone is 1. The van der Waals surface area contributed by atoms with Gasteiger partial charge in [-0.2, -0.15) is 5.26 Å². The zero-order valence-electron chi connectivity index (χ0n) is 12.6. The van der Waals surface area contributed by atoms with Gasteiger partial charge in [-0.25, -0.2) is 9.18 Å². The highest BCUT2D eigenvalue weighted by atomic mass is 19.1. The molecular weight excluding hydrogens is 293 g/mol. The molecule has 0 saturated heterocycles. The molecule has 114 valence electrons. The highest BCUT2D eigenvalue weighted by molar-refractivity contribution is 5.93. The molecule has 0 aliphatic heterocycles. The Bertz CT molecular complexity index is 845. The summed E-state index contributed by atoms with van der Waals surface area (Å²) in [6, 6.07) is 14.0. The van der Waals surface area contributed by atoms with E-state index < -0.39 is 5.97 Å². The van der Waals surface area contributed by atoms with Crippen molar-refractivity contribution in [1.82, 2.24) is 0 Å². The van der Waals surface area contributed by atoms with Crippen molar-refractivity contribution in [3.8, 4) is 6.07 Å². The van der Waals surface area contributed by atoms with Gasteiger partial charge >= 0.3 is 5.97 Å². The lowest BCUT2D eigenvalue weighted by molar-refractivity contribution is 0.0600. The van der Waals surface area contributed by atoms with E-state index in [1.807, 2.05) is 12.1 Å². The Morgan fingerprint density at radius 2 is 1.91 bits per heavy atom. The summed E-state index contributed by atoms with van der Waals surface area (Å²) in [4.78, 5) is 11.7. The molecule has 0 N–H and O–H groups in total. The van der Waals surface area contributed by atoms with E-state index in [0.29, 0.717) is 40.7 Å². The zero-order chi connectivity index (χ0) is 16.4. The number of nitriles is 1. The molecule has 0 atom stereocenters. The molecule has 1 aliphatic carbocycles. The van der Waals surface area contributed by atoms with Gasteiger partial charge in [-0.3, -0.25) is 0 Å². The zero-order valence-corrected chi connectivity index (χ0v) is 12.6. The number of benzene rings is 2. The van der Waals surface area contributed by atoms with E-state index >= 15 is 0 Å². The maximum atomic E-state index is 14.5. The first-order chi connectivity index (χ1) is 11.1. The van der Waals surface area contributed by atoms with Crippen LogP contribution in [0.25, 0.3) is 5.57 Å². The SMILES string of the molecule is COC(=O)c1ccc2c(c1)C(c1ccc(C#N)cc1)=C(F)CC2. The molecule has 0 amide bonds. The smallest absolute Gasteiger partial charge is 0.337 e. The number of esters is 1. The average molecular weight is 307 g/mol. The summed E-state index contributed by atoms with van der Waals surface area (Å²) >= 11 is 0. The third-order valence-corrected chi connectivity index (χ3v) is 3.99. The van der Waals surface area contributed by atoms with Gasteiger partial charge in [-0.15, -0.1) is 0 Å². The molecule has 2 aromatic carbocycles. The fourth-order valence-corrected chi connectivity index (χ4v) is 2.81. The van der Waals surface area contributed by atoms with Crippen molar-refractivity contribution in [1.29, 1.82) is 5.26 Å². The number of methoxy groups -OCH3 is 1. The first kappa shape index (κ1) is 15.0. The summed E-state index contributed by atoms with van der Waals surface area (Å²) in [5, 5.41) is 8.89. The van der Waals surface area contributed by atoms with Crippen LogP contribution in [0, 0.1) is 11.3 Å². The molecule has 3 rings (SSSR count). The standard InChI is InChI=1S/C19H14FNO2/c1-23-19(22)15-7-6-13-8-9-17(20)18(16(13)10-15)14-4-2-12(11-21)3-5-14/h2-7,10H,8-9H2,1H3. The molecule has 0 saturated carbocycles. The van der Waals surface area contributed by atoms with Crippen molar-refractivity contribution in [3.05, 3.63) is 76.1 Å². The van der Waals surface area contributed by atoms with Crippen LogP contribution in [-0.2, 0) is 11.2 Å². The van der Waals surface area contributed by atoms with Gasteiger partial charge in [0.1, 0.15) is 5.83 Å². The number of ether oxygens (including phenoxy) is 1. The van der Waals surface area contributed by atoms with E-state index in [-0.39, 0.29) is 5.83 Å². The van der Waals surface area contributed by atoms with E-state index in [2.05, 4.69) is 0 Å². The van der Waals surface area contributed by atoms with E-state index in [4.69, 9.17) is 10.00 Å². The number of halogens is 1. The number of nitrogens with zero attached hydrogens (tertiary/aromatic N) is 1. The highest BCUT2D eigenvalue weighted by Crippen LogP contribution is 2.37. The van der Waals surface area contributed by atoms with E-state index in [1.165, 1.54) is 7.11 Å². The normalized spacial score (nSPS) is 13.3. The number of rotatable bonds is 2. The molecule has 23 heavy (non-hydrogen) atoms. The summed E-state index contributed by atoms with van der Waals surface area (Å²) < 4.78 is 19.2. The highest BCUT2D eigenvalue weighted by Gasteiger charge is 2.22. The lowest BCUT2D eigenvalue weighted by Gasteiger charge is -2.20. The van der Waals surface area contributed by atoms with Crippen LogP contribution in [0.2, 0.25) is 0 Å². The largest absolute Gasteiger partial charge is 0.465 e. The molecule has 3 nitrogen and oxygen atoms in total. The van der Waals surface area contributed by atoms with Gasteiger partial charge in [0.05, 0.1) is 24.3 Å². The molecule has 0 bridgehead atoms. The van der Waals surface area contributed by atoms with Crippen LogP contribution in [0.5, 0.6) is 0 Å². The minimum atomic E-state index is -0.446. The predicted octanol–water partition coefficient (Wildman–Crippen LogP) is 4.02. The molecule has 0 spiro atoms. The molecule has 1 aliphatic rings. The van der Waals surface area contributed by atoms with Gasteiger partial charge in [0.25, 0.3) is 0 Å². The molecule has 0 fully saturated rings. The lowest BCUT2D eigenvalue weighted by atomic mass is 9.85. The summed E-state index contributed by atoms with van der Waals surface area (Å²) in [6.07, 6.45) is 0.933. The molecule has 0 heterocycles. The van der Waals surface area contributed by atoms with Gasteiger partial charge in [0.2, 0.25) is 0 Å². The van der Waals surface area contributed by atoms with E-state index in [1.54, 1.807) is 36.4 Å². The monoisotopic (exact) mass is 307 g/mol. The quantitative estimate of drug-likeness (QED) is 0.787. The number of fused-ring (bicyclic) bond motifs is 1. The van der Waals surface area contributed by atoms with Crippen molar-refractivity contribution in [3.63, 3.8) is 0 Å².